The Bertz CT molecular complexity index is 410. The van der Waals surface area contributed by atoms with Gasteiger partial charge in [0.05, 0.1) is 6.42 Å². The zero-order chi connectivity index (χ0) is 13.7. The molecule has 1 aromatic carbocycles. The first-order valence-corrected chi connectivity index (χ1v) is 7.00. The van der Waals surface area contributed by atoms with E-state index >= 15 is 0 Å². The highest BCUT2D eigenvalue weighted by atomic mass is 16.1. The lowest BCUT2D eigenvalue weighted by atomic mass is 10.1. The SMILES string of the molecule is CC(CNC(=O)Cc1ccc(N)cc1)N1CCCC1. The summed E-state index contributed by atoms with van der Waals surface area (Å²) in [6.07, 6.45) is 2.99. The number of nitrogens with zero attached hydrogens (tertiary/aromatic N) is 1. The fourth-order valence-corrected chi connectivity index (χ4v) is 2.46. The number of carbonyl (C=O) groups excluding carboxylic acids is 1. The molecule has 1 aliphatic heterocycles. The second kappa shape index (κ2) is 6.57. The second-order valence-electron chi connectivity index (χ2n) is 5.31. The van der Waals surface area contributed by atoms with Gasteiger partial charge in [-0.3, -0.25) is 9.69 Å². The van der Waals surface area contributed by atoms with Crippen molar-refractivity contribution in [3.63, 3.8) is 0 Å². The van der Waals surface area contributed by atoms with Gasteiger partial charge < -0.3 is 11.1 Å². The van der Waals surface area contributed by atoms with Gasteiger partial charge in [0.2, 0.25) is 5.91 Å². The number of nitrogen functional groups attached to an aromatic ring is 1. The van der Waals surface area contributed by atoms with E-state index in [2.05, 4.69) is 17.1 Å². The summed E-state index contributed by atoms with van der Waals surface area (Å²) in [5.41, 5.74) is 7.35. The molecule has 1 atom stereocenters. The molecule has 0 aliphatic carbocycles. The van der Waals surface area contributed by atoms with Gasteiger partial charge in [0.1, 0.15) is 0 Å². The zero-order valence-electron chi connectivity index (χ0n) is 11.6. The fraction of sp³-hybridized carbons (Fsp3) is 0.533. The minimum Gasteiger partial charge on any atom is -0.399 e. The molecule has 1 amide bonds. The van der Waals surface area contributed by atoms with Crippen LogP contribution in [0.2, 0.25) is 0 Å². The van der Waals surface area contributed by atoms with E-state index in [9.17, 15) is 4.79 Å². The van der Waals surface area contributed by atoms with Crippen molar-refractivity contribution in [2.75, 3.05) is 25.4 Å². The van der Waals surface area contributed by atoms with E-state index in [0.717, 1.165) is 30.9 Å². The Hall–Kier alpha value is -1.55. The number of rotatable bonds is 5. The number of anilines is 1. The molecule has 1 aromatic rings. The lowest BCUT2D eigenvalue weighted by Gasteiger charge is -2.23. The van der Waals surface area contributed by atoms with E-state index in [-0.39, 0.29) is 5.91 Å². The number of benzene rings is 1. The Balaban J connectivity index is 1.73. The predicted octanol–water partition coefficient (Wildman–Crippen LogP) is 1.41. The maximum Gasteiger partial charge on any atom is 0.224 e. The minimum atomic E-state index is 0.0795. The molecule has 0 saturated carbocycles. The monoisotopic (exact) mass is 261 g/mol. The molecule has 104 valence electrons. The Morgan fingerprint density at radius 3 is 2.58 bits per heavy atom. The maximum atomic E-state index is 11.9. The molecule has 1 fully saturated rings. The van der Waals surface area contributed by atoms with Crippen molar-refractivity contribution in [1.82, 2.24) is 10.2 Å². The summed E-state index contributed by atoms with van der Waals surface area (Å²) in [4.78, 5) is 14.3. The number of amides is 1. The molecule has 3 N–H and O–H groups in total. The quantitative estimate of drug-likeness (QED) is 0.788. The molecule has 19 heavy (non-hydrogen) atoms. The molecule has 0 spiro atoms. The summed E-state index contributed by atoms with van der Waals surface area (Å²) < 4.78 is 0. The smallest absolute Gasteiger partial charge is 0.224 e. The van der Waals surface area contributed by atoms with E-state index in [1.54, 1.807) is 0 Å². The lowest BCUT2D eigenvalue weighted by molar-refractivity contribution is -0.120. The predicted molar refractivity (Wildman–Crippen MR) is 77.8 cm³/mol. The van der Waals surface area contributed by atoms with E-state index < -0.39 is 0 Å². The highest BCUT2D eigenvalue weighted by molar-refractivity contribution is 5.78. The molecule has 4 nitrogen and oxygen atoms in total. The maximum absolute atomic E-state index is 11.9. The van der Waals surface area contributed by atoms with Gasteiger partial charge >= 0.3 is 0 Å². The average Bonchev–Trinajstić information content (AvgIpc) is 2.93. The molecule has 1 heterocycles. The number of nitrogens with two attached hydrogens (primary N) is 1. The lowest BCUT2D eigenvalue weighted by Crippen LogP contribution is -2.41. The van der Waals surface area contributed by atoms with Crippen LogP contribution < -0.4 is 11.1 Å². The van der Waals surface area contributed by atoms with Gasteiger partial charge in [-0.1, -0.05) is 12.1 Å². The Kier molecular flexibility index (Phi) is 4.80. The first-order chi connectivity index (χ1) is 9.15. The standard InChI is InChI=1S/C15H23N3O/c1-12(18-8-2-3-9-18)11-17-15(19)10-13-4-6-14(16)7-5-13/h4-7,12H,2-3,8-11,16H2,1H3,(H,17,19). The van der Waals surface area contributed by atoms with Crippen molar-refractivity contribution in [1.29, 1.82) is 0 Å². The van der Waals surface area contributed by atoms with E-state index in [0.29, 0.717) is 12.5 Å². The number of nitrogens with one attached hydrogen (secondary N) is 1. The van der Waals surface area contributed by atoms with Crippen LogP contribution in [0.4, 0.5) is 5.69 Å². The highest BCUT2D eigenvalue weighted by Crippen LogP contribution is 2.11. The van der Waals surface area contributed by atoms with Crippen LogP contribution in [-0.2, 0) is 11.2 Å². The number of carbonyl (C=O) groups is 1. The van der Waals surface area contributed by atoms with Gasteiger partial charge in [0, 0.05) is 18.3 Å². The van der Waals surface area contributed by atoms with Crippen LogP contribution in [0.3, 0.4) is 0 Å². The molecule has 1 saturated heterocycles. The van der Waals surface area contributed by atoms with E-state index in [4.69, 9.17) is 5.73 Å². The summed E-state index contributed by atoms with van der Waals surface area (Å²) in [5, 5.41) is 3.01. The van der Waals surface area contributed by atoms with Gasteiger partial charge in [0.25, 0.3) is 0 Å². The Morgan fingerprint density at radius 2 is 1.95 bits per heavy atom. The molecule has 1 aliphatic rings. The van der Waals surface area contributed by atoms with Crippen molar-refractivity contribution in [3.05, 3.63) is 29.8 Å². The minimum absolute atomic E-state index is 0.0795. The first-order valence-electron chi connectivity index (χ1n) is 7.00. The zero-order valence-corrected chi connectivity index (χ0v) is 11.6. The summed E-state index contributed by atoms with van der Waals surface area (Å²) >= 11 is 0. The molecule has 0 radical (unpaired) electrons. The topological polar surface area (TPSA) is 58.4 Å². The van der Waals surface area contributed by atoms with Gasteiger partial charge in [-0.25, -0.2) is 0 Å². The molecule has 4 heteroatoms. The third-order valence-electron chi connectivity index (χ3n) is 3.70. The molecule has 0 aromatic heterocycles. The van der Waals surface area contributed by atoms with Crippen LogP contribution in [0, 0.1) is 0 Å². The van der Waals surface area contributed by atoms with Gasteiger partial charge in [-0.15, -0.1) is 0 Å². The van der Waals surface area contributed by atoms with Crippen LogP contribution in [-0.4, -0.2) is 36.5 Å². The highest BCUT2D eigenvalue weighted by Gasteiger charge is 2.18. The van der Waals surface area contributed by atoms with Crippen molar-refractivity contribution < 1.29 is 4.79 Å². The Morgan fingerprint density at radius 1 is 1.32 bits per heavy atom. The van der Waals surface area contributed by atoms with Crippen molar-refractivity contribution >= 4 is 11.6 Å². The third kappa shape index (κ3) is 4.24. The number of likely N-dealkylation sites (tertiary alicyclic amines) is 1. The summed E-state index contributed by atoms with van der Waals surface area (Å²) in [6, 6.07) is 7.89. The third-order valence-corrected chi connectivity index (χ3v) is 3.70. The van der Waals surface area contributed by atoms with Crippen LogP contribution in [0.1, 0.15) is 25.3 Å². The number of hydrogen-bond donors (Lipinski definition) is 2. The van der Waals surface area contributed by atoms with Crippen LogP contribution in [0.15, 0.2) is 24.3 Å². The van der Waals surface area contributed by atoms with Crippen molar-refractivity contribution in [2.45, 2.75) is 32.2 Å². The molecule has 2 rings (SSSR count). The van der Waals surface area contributed by atoms with Gasteiger partial charge in [0.15, 0.2) is 0 Å². The summed E-state index contributed by atoms with van der Waals surface area (Å²) in [6.45, 7) is 5.23. The van der Waals surface area contributed by atoms with E-state index in [1.165, 1.54) is 12.8 Å². The number of hydrogen-bond acceptors (Lipinski definition) is 3. The average molecular weight is 261 g/mol. The van der Waals surface area contributed by atoms with Crippen LogP contribution >= 0.6 is 0 Å². The molecule has 0 bridgehead atoms. The Labute approximate surface area is 115 Å². The van der Waals surface area contributed by atoms with Gasteiger partial charge in [-0.2, -0.15) is 0 Å². The second-order valence-corrected chi connectivity index (χ2v) is 5.31. The molecular weight excluding hydrogens is 238 g/mol. The molecular formula is C15H23N3O. The fourth-order valence-electron chi connectivity index (χ4n) is 2.46. The van der Waals surface area contributed by atoms with Gasteiger partial charge in [-0.05, 0) is 50.6 Å². The summed E-state index contributed by atoms with van der Waals surface area (Å²) in [7, 11) is 0. The van der Waals surface area contributed by atoms with Crippen molar-refractivity contribution in [2.24, 2.45) is 0 Å². The van der Waals surface area contributed by atoms with Crippen molar-refractivity contribution in [3.8, 4) is 0 Å². The molecule has 1 unspecified atom stereocenters. The van der Waals surface area contributed by atoms with Crippen LogP contribution in [0.5, 0.6) is 0 Å². The van der Waals surface area contributed by atoms with Crippen LogP contribution in [0.25, 0.3) is 0 Å². The normalized spacial score (nSPS) is 17.3. The largest absolute Gasteiger partial charge is 0.399 e. The van der Waals surface area contributed by atoms with E-state index in [1.807, 2.05) is 24.3 Å². The first kappa shape index (κ1) is 13.9. The summed E-state index contributed by atoms with van der Waals surface area (Å²) in [5.74, 6) is 0.0795.